The number of para-hydroxylation sites is 1. The first-order chi connectivity index (χ1) is 9.78. The second-order valence-electron chi connectivity index (χ2n) is 4.03. The Bertz CT molecular complexity index is 541. The van der Waals surface area contributed by atoms with Gasteiger partial charge in [0.25, 0.3) is 0 Å². The Morgan fingerprint density at radius 2 is 1.90 bits per heavy atom. The molecule has 2 rings (SSSR count). The van der Waals surface area contributed by atoms with E-state index >= 15 is 0 Å². The molecule has 2 aromatic rings. The molecule has 0 bridgehead atoms. The highest BCUT2D eigenvalue weighted by Gasteiger charge is 1.99. The summed E-state index contributed by atoms with van der Waals surface area (Å²) in [7, 11) is 0. The van der Waals surface area contributed by atoms with Crippen LogP contribution in [-0.4, -0.2) is 17.6 Å². The Morgan fingerprint density at radius 3 is 2.55 bits per heavy atom. The van der Waals surface area contributed by atoms with Gasteiger partial charge in [0.1, 0.15) is 5.82 Å². The molecule has 0 saturated heterocycles. The molecule has 0 fully saturated rings. The molecule has 6 heteroatoms. The van der Waals surface area contributed by atoms with Crippen LogP contribution in [0.3, 0.4) is 0 Å². The molecule has 20 heavy (non-hydrogen) atoms. The lowest BCUT2D eigenvalue weighted by Crippen LogP contribution is -2.38. The number of hydrogen-bond donors (Lipinski definition) is 4. The van der Waals surface area contributed by atoms with Crippen molar-refractivity contribution in [2.45, 2.75) is 6.92 Å². The van der Waals surface area contributed by atoms with Crippen LogP contribution in [0.4, 0.5) is 22.0 Å². The predicted molar refractivity (Wildman–Crippen MR) is 79.8 cm³/mol. The molecule has 1 aromatic heterocycles. The SMILES string of the molecule is CCNC(=O)NNc1ccc(Nc2ccccc2)nc1. The molecule has 0 aliphatic carbocycles. The van der Waals surface area contributed by atoms with Crippen LogP contribution >= 0.6 is 0 Å². The van der Waals surface area contributed by atoms with Crippen LogP contribution in [0, 0.1) is 0 Å². The van der Waals surface area contributed by atoms with Gasteiger partial charge in [-0.3, -0.25) is 10.9 Å². The van der Waals surface area contributed by atoms with Crippen molar-refractivity contribution in [2.24, 2.45) is 0 Å². The first-order valence-corrected chi connectivity index (χ1v) is 6.36. The smallest absolute Gasteiger partial charge is 0.333 e. The van der Waals surface area contributed by atoms with E-state index in [1.54, 1.807) is 6.20 Å². The first-order valence-electron chi connectivity index (χ1n) is 6.36. The van der Waals surface area contributed by atoms with E-state index in [-0.39, 0.29) is 6.03 Å². The number of urea groups is 1. The molecule has 0 radical (unpaired) electrons. The van der Waals surface area contributed by atoms with Crippen LogP contribution in [-0.2, 0) is 0 Å². The summed E-state index contributed by atoms with van der Waals surface area (Å²) < 4.78 is 0. The van der Waals surface area contributed by atoms with Gasteiger partial charge in [-0.15, -0.1) is 0 Å². The van der Waals surface area contributed by atoms with Gasteiger partial charge in [0.2, 0.25) is 0 Å². The van der Waals surface area contributed by atoms with Gasteiger partial charge in [-0.05, 0) is 31.2 Å². The molecule has 0 aliphatic heterocycles. The number of anilines is 3. The van der Waals surface area contributed by atoms with Crippen LogP contribution in [0.2, 0.25) is 0 Å². The number of hydrazine groups is 1. The fourth-order valence-corrected chi connectivity index (χ4v) is 1.54. The Labute approximate surface area is 117 Å². The van der Waals surface area contributed by atoms with E-state index in [4.69, 9.17) is 0 Å². The van der Waals surface area contributed by atoms with Crippen molar-refractivity contribution < 1.29 is 4.79 Å². The Hall–Kier alpha value is -2.76. The maximum Gasteiger partial charge on any atom is 0.333 e. The Balaban J connectivity index is 1.88. The highest BCUT2D eigenvalue weighted by molar-refractivity contribution is 5.75. The molecule has 0 aliphatic rings. The monoisotopic (exact) mass is 271 g/mol. The van der Waals surface area contributed by atoms with E-state index in [0.717, 1.165) is 11.5 Å². The number of rotatable bonds is 5. The van der Waals surface area contributed by atoms with E-state index in [0.29, 0.717) is 12.2 Å². The van der Waals surface area contributed by atoms with Gasteiger partial charge < -0.3 is 10.6 Å². The number of nitrogens with zero attached hydrogens (tertiary/aromatic N) is 1. The van der Waals surface area contributed by atoms with Gasteiger partial charge >= 0.3 is 6.03 Å². The maximum absolute atomic E-state index is 11.2. The van der Waals surface area contributed by atoms with Crippen molar-refractivity contribution in [3.05, 3.63) is 48.7 Å². The van der Waals surface area contributed by atoms with E-state index in [1.807, 2.05) is 49.4 Å². The molecule has 0 unspecified atom stereocenters. The normalized spacial score (nSPS) is 9.65. The predicted octanol–water partition coefficient (Wildman–Crippen LogP) is 2.47. The van der Waals surface area contributed by atoms with E-state index in [9.17, 15) is 4.79 Å². The van der Waals surface area contributed by atoms with E-state index in [2.05, 4.69) is 26.5 Å². The molecule has 1 heterocycles. The minimum atomic E-state index is -0.279. The minimum Gasteiger partial charge on any atom is -0.340 e. The summed E-state index contributed by atoms with van der Waals surface area (Å²) in [6.07, 6.45) is 1.64. The molecule has 1 aromatic carbocycles. The Morgan fingerprint density at radius 1 is 1.10 bits per heavy atom. The molecular formula is C14H17N5O. The molecule has 6 nitrogen and oxygen atoms in total. The molecule has 104 valence electrons. The number of amides is 2. The van der Waals surface area contributed by atoms with Crippen LogP contribution in [0.1, 0.15) is 6.92 Å². The average Bonchev–Trinajstić information content (AvgIpc) is 2.48. The van der Waals surface area contributed by atoms with E-state index in [1.165, 1.54) is 0 Å². The summed E-state index contributed by atoms with van der Waals surface area (Å²) >= 11 is 0. The largest absolute Gasteiger partial charge is 0.340 e. The van der Waals surface area contributed by atoms with Gasteiger partial charge in [0.05, 0.1) is 11.9 Å². The summed E-state index contributed by atoms with van der Waals surface area (Å²) in [6, 6.07) is 13.2. The lowest BCUT2D eigenvalue weighted by molar-refractivity contribution is 0.243. The quantitative estimate of drug-likeness (QED) is 0.630. The third-order valence-corrected chi connectivity index (χ3v) is 2.47. The molecule has 0 atom stereocenters. The van der Waals surface area contributed by atoms with Crippen molar-refractivity contribution >= 4 is 23.2 Å². The van der Waals surface area contributed by atoms with Crippen molar-refractivity contribution in [3.8, 4) is 0 Å². The van der Waals surface area contributed by atoms with E-state index < -0.39 is 0 Å². The lowest BCUT2D eigenvalue weighted by Gasteiger charge is -2.09. The van der Waals surface area contributed by atoms with Crippen molar-refractivity contribution in [1.82, 2.24) is 15.7 Å². The topological polar surface area (TPSA) is 78.1 Å². The number of pyridine rings is 1. The molecule has 0 saturated carbocycles. The zero-order chi connectivity index (χ0) is 14.2. The molecule has 4 N–H and O–H groups in total. The summed E-state index contributed by atoms with van der Waals surface area (Å²) in [5.41, 5.74) is 6.95. The van der Waals surface area contributed by atoms with Crippen LogP contribution in [0.15, 0.2) is 48.7 Å². The second kappa shape index (κ2) is 6.98. The van der Waals surface area contributed by atoms with Crippen LogP contribution in [0.25, 0.3) is 0 Å². The lowest BCUT2D eigenvalue weighted by atomic mass is 10.3. The van der Waals surface area contributed by atoms with Crippen LogP contribution in [0.5, 0.6) is 0 Å². The number of carbonyl (C=O) groups excluding carboxylic acids is 1. The third kappa shape index (κ3) is 4.16. The molecule has 0 spiro atoms. The number of carbonyl (C=O) groups is 1. The molecular weight excluding hydrogens is 254 g/mol. The Kier molecular flexibility index (Phi) is 4.77. The van der Waals surface area contributed by atoms with Crippen molar-refractivity contribution in [3.63, 3.8) is 0 Å². The highest BCUT2D eigenvalue weighted by Crippen LogP contribution is 2.15. The van der Waals surface area contributed by atoms with Crippen molar-refractivity contribution in [1.29, 1.82) is 0 Å². The second-order valence-corrected chi connectivity index (χ2v) is 4.03. The summed E-state index contributed by atoms with van der Waals surface area (Å²) in [5.74, 6) is 0.736. The summed E-state index contributed by atoms with van der Waals surface area (Å²) in [5, 5.41) is 5.79. The van der Waals surface area contributed by atoms with Crippen molar-refractivity contribution in [2.75, 3.05) is 17.3 Å². The first kappa shape index (κ1) is 13.7. The van der Waals surface area contributed by atoms with Gasteiger partial charge in [-0.2, -0.15) is 0 Å². The zero-order valence-electron chi connectivity index (χ0n) is 11.2. The summed E-state index contributed by atoms with van der Waals surface area (Å²) in [4.78, 5) is 15.5. The zero-order valence-corrected chi connectivity index (χ0v) is 11.2. The van der Waals surface area contributed by atoms with Gasteiger partial charge in [-0.25, -0.2) is 9.78 Å². The third-order valence-electron chi connectivity index (χ3n) is 2.47. The minimum absolute atomic E-state index is 0.279. The highest BCUT2D eigenvalue weighted by atomic mass is 16.2. The van der Waals surface area contributed by atoms with Gasteiger partial charge in [0.15, 0.2) is 0 Å². The standard InChI is InChI=1S/C14H17N5O/c1-2-15-14(20)19-18-12-8-9-13(16-10-12)17-11-6-4-3-5-7-11/h3-10,18H,2H2,1H3,(H,16,17)(H2,15,19,20). The number of nitrogens with one attached hydrogen (secondary N) is 4. The number of aromatic nitrogens is 1. The van der Waals surface area contributed by atoms with Crippen LogP contribution < -0.4 is 21.5 Å². The number of hydrogen-bond acceptors (Lipinski definition) is 4. The maximum atomic E-state index is 11.2. The summed E-state index contributed by atoms with van der Waals surface area (Å²) in [6.45, 7) is 2.43. The van der Waals surface area contributed by atoms with Gasteiger partial charge in [0, 0.05) is 12.2 Å². The average molecular weight is 271 g/mol. The fourth-order valence-electron chi connectivity index (χ4n) is 1.54. The number of benzene rings is 1. The molecule has 2 amide bonds. The van der Waals surface area contributed by atoms with Gasteiger partial charge in [-0.1, -0.05) is 18.2 Å². The fraction of sp³-hybridized carbons (Fsp3) is 0.143.